The normalized spacial score (nSPS) is 9.17. The number of hydrogen-bond acceptors (Lipinski definition) is 3. The molecule has 1 aromatic carbocycles. The maximum absolute atomic E-state index is 10.8. The van der Waals surface area contributed by atoms with Gasteiger partial charge in [-0.05, 0) is 12.1 Å². The number of carbonyl (C=O) groups excluding carboxylic acids is 1. The van der Waals surface area contributed by atoms with Gasteiger partial charge in [-0.1, -0.05) is 18.2 Å². The summed E-state index contributed by atoms with van der Waals surface area (Å²) in [7, 11) is 1.51. The molecule has 0 atom stereocenters. The predicted molar refractivity (Wildman–Crippen MR) is 44.0 cm³/mol. The summed E-state index contributed by atoms with van der Waals surface area (Å²) in [6, 6.07) is 8.88. The number of anilines is 1. The molecule has 4 heteroatoms. The molecule has 4 nitrogen and oxygen atoms in total. The van der Waals surface area contributed by atoms with E-state index in [9.17, 15) is 4.79 Å². The molecule has 0 fully saturated rings. The summed E-state index contributed by atoms with van der Waals surface area (Å²) >= 11 is 0. The van der Waals surface area contributed by atoms with Crippen molar-refractivity contribution < 1.29 is 14.9 Å². The smallest absolute Gasteiger partial charge is 0.279 e. The molecule has 64 valence electrons. The second kappa shape index (κ2) is 3.73. The van der Waals surface area contributed by atoms with Gasteiger partial charge in [0, 0.05) is 12.7 Å². The molecule has 1 N–H and O–H groups in total. The Morgan fingerprint density at radius 3 is 2.50 bits per heavy atom. The number of para-hydroxylation sites is 1. The van der Waals surface area contributed by atoms with Gasteiger partial charge in [-0.3, -0.25) is 9.79 Å². The Morgan fingerprint density at radius 2 is 2.00 bits per heavy atom. The third-order valence-electron chi connectivity index (χ3n) is 1.50. The topological polar surface area (TPSA) is 49.8 Å². The molecule has 0 aromatic heterocycles. The van der Waals surface area contributed by atoms with Crippen molar-refractivity contribution in [1.82, 2.24) is 0 Å². The molecular formula is C8H9NO3. The fourth-order valence-corrected chi connectivity index (χ4v) is 0.818. The molecule has 0 bridgehead atoms. The van der Waals surface area contributed by atoms with E-state index in [0.717, 1.165) is 0 Å². The van der Waals surface area contributed by atoms with Crippen molar-refractivity contribution in [2.75, 3.05) is 11.9 Å². The fraction of sp³-hybridized carbons (Fsp3) is 0.125. The van der Waals surface area contributed by atoms with Crippen LogP contribution in [0.5, 0.6) is 0 Å². The molecule has 0 heterocycles. The molecule has 0 aliphatic rings. The van der Waals surface area contributed by atoms with Gasteiger partial charge in [0.25, 0.3) is 0 Å². The third-order valence-corrected chi connectivity index (χ3v) is 1.50. The minimum absolute atomic E-state index is 0.663. The molecular weight excluding hydrogens is 158 g/mol. The molecule has 0 spiro atoms. The van der Waals surface area contributed by atoms with E-state index in [1.807, 2.05) is 6.07 Å². The van der Waals surface area contributed by atoms with Gasteiger partial charge in [0.05, 0.1) is 0 Å². The van der Waals surface area contributed by atoms with Gasteiger partial charge >= 0.3 is 6.09 Å². The van der Waals surface area contributed by atoms with E-state index >= 15 is 0 Å². The van der Waals surface area contributed by atoms with Gasteiger partial charge in [0.2, 0.25) is 0 Å². The Balaban J connectivity index is 2.78. The average molecular weight is 167 g/mol. The maximum Gasteiger partial charge on any atom is 0.445 e. The highest BCUT2D eigenvalue weighted by Crippen LogP contribution is 2.11. The van der Waals surface area contributed by atoms with Crippen LogP contribution in [-0.2, 0) is 4.89 Å². The number of rotatable bonds is 1. The Morgan fingerprint density at radius 1 is 1.42 bits per heavy atom. The second-order valence-electron chi connectivity index (χ2n) is 2.25. The van der Waals surface area contributed by atoms with E-state index in [0.29, 0.717) is 5.69 Å². The molecule has 1 aromatic rings. The predicted octanol–water partition coefficient (Wildman–Crippen LogP) is 1.73. The number of benzene rings is 1. The highest BCUT2D eigenvalue weighted by atomic mass is 17.1. The molecule has 0 radical (unpaired) electrons. The van der Waals surface area contributed by atoms with E-state index in [1.165, 1.54) is 11.9 Å². The SMILES string of the molecule is CN(C(=O)OO)c1ccccc1. The first-order valence-corrected chi connectivity index (χ1v) is 3.40. The highest BCUT2D eigenvalue weighted by molar-refractivity contribution is 5.86. The lowest BCUT2D eigenvalue weighted by Crippen LogP contribution is -2.25. The number of hydrogen-bond donors (Lipinski definition) is 1. The third kappa shape index (κ3) is 1.73. The lowest BCUT2D eigenvalue weighted by Gasteiger charge is -2.13. The summed E-state index contributed by atoms with van der Waals surface area (Å²) in [4.78, 5) is 15.5. The summed E-state index contributed by atoms with van der Waals surface area (Å²) in [5, 5.41) is 8.08. The van der Waals surface area contributed by atoms with Crippen molar-refractivity contribution in [3.8, 4) is 0 Å². The fourth-order valence-electron chi connectivity index (χ4n) is 0.818. The van der Waals surface area contributed by atoms with E-state index in [4.69, 9.17) is 5.26 Å². The van der Waals surface area contributed by atoms with Gasteiger partial charge in [0.1, 0.15) is 0 Å². The van der Waals surface area contributed by atoms with E-state index in [2.05, 4.69) is 4.89 Å². The molecule has 0 saturated heterocycles. The zero-order valence-electron chi connectivity index (χ0n) is 6.60. The van der Waals surface area contributed by atoms with Crippen molar-refractivity contribution in [3.63, 3.8) is 0 Å². The first kappa shape index (κ1) is 8.55. The van der Waals surface area contributed by atoms with E-state index in [-0.39, 0.29) is 0 Å². The molecule has 12 heavy (non-hydrogen) atoms. The van der Waals surface area contributed by atoms with Crippen molar-refractivity contribution in [3.05, 3.63) is 30.3 Å². The zero-order valence-corrected chi connectivity index (χ0v) is 6.60. The first-order chi connectivity index (χ1) is 5.75. The monoisotopic (exact) mass is 167 g/mol. The lowest BCUT2D eigenvalue weighted by molar-refractivity contribution is -0.174. The van der Waals surface area contributed by atoms with E-state index in [1.54, 1.807) is 24.3 Å². The quantitative estimate of drug-likeness (QED) is 0.512. The van der Waals surface area contributed by atoms with Crippen LogP contribution in [0.25, 0.3) is 0 Å². The Labute approximate surface area is 69.9 Å². The van der Waals surface area contributed by atoms with Gasteiger partial charge < -0.3 is 0 Å². The highest BCUT2D eigenvalue weighted by Gasteiger charge is 2.10. The van der Waals surface area contributed by atoms with Gasteiger partial charge in [0.15, 0.2) is 0 Å². The van der Waals surface area contributed by atoms with Crippen LogP contribution in [-0.4, -0.2) is 18.4 Å². The summed E-state index contributed by atoms with van der Waals surface area (Å²) in [6.45, 7) is 0. The lowest BCUT2D eigenvalue weighted by atomic mass is 10.3. The average Bonchev–Trinajstić information content (AvgIpc) is 2.17. The minimum atomic E-state index is -0.804. The van der Waals surface area contributed by atoms with Gasteiger partial charge in [-0.25, -0.2) is 4.79 Å². The Hall–Kier alpha value is -1.55. The summed E-state index contributed by atoms with van der Waals surface area (Å²) < 4.78 is 0. The Bertz CT molecular complexity index is 260. The second-order valence-corrected chi connectivity index (χ2v) is 2.25. The Kier molecular flexibility index (Phi) is 2.66. The summed E-state index contributed by atoms with van der Waals surface area (Å²) in [5.74, 6) is 0. The number of amides is 1. The summed E-state index contributed by atoms with van der Waals surface area (Å²) in [6.07, 6.45) is -0.804. The minimum Gasteiger partial charge on any atom is -0.279 e. The van der Waals surface area contributed by atoms with Crippen molar-refractivity contribution in [1.29, 1.82) is 0 Å². The zero-order chi connectivity index (χ0) is 8.97. The van der Waals surface area contributed by atoms with Crippen LogP contribution in [0.4, 0.5) is 10.5 Å². The van der Waals surface area contributed by atoms with Crippen LogP contribution >= 0.6 is 0 Å². The van der Waals surface area contributed by atoms with Crippen LogP contribution < -0.4 is 4.90 Å². The maximum atomic E-state index is 10.8. The van der Waals surface area contributed by atoms with E-state index < -0.39 is 6.09 Å². The first-order valence-electron chi connectivity index (χ1n) is 3.40. The molecule has 1 rings (SSSR count). The molecule has 0 unspecified atom stereocenters. The van der Waals surface area contributed by atoms with Crippen LogP contribution in [0, 0.1) is 0 Å². The van der Waals surface area contributed by atoms with Crippen LogP contribution in [0.15, 0.2) is 30.3 Å². The van der Waals surface area contributed by atoms with Crippen molar-refractivity contribution >= 4 is 11.8 Å². The molecule has 0 aliphatic heterocycles. The van der Waals surface area contributed by atoms with Crippen molar-refractivity contribution in [2.45, 2.75) is 0 Å². The standard InChI is InChI=1S/C8H9NO3/c1-9(8(10)12-11)7-5-3-2-4-6-7/h2-6,11H,1H3. The van der Waals surface area contributed by atoms with Gasteiger partial charge in [-0.2, -0.15) is 5.26 Å². The molecule has 1 amide bonds. The largest absolute Gasteiger partial charge is 0.445 e. The van der Waals surface area contributed by atoms with Crippen LogP contribution in [0.3, 0.4) is 0 Å². The van der Waals surface area contributed by atoms with Gasteiger partial charge in [-0.15, -0.1) is 0 Å². The van der Waals surface area contributed by atoms with Crippen LogP contribution in [0.1, 0.15) is 0 Å². The number of carbonyl (C=O) groups is 1. The molecule has 0 saturated carbocycles. The van der Waals surface area contributed by atoms with Crippen LogP contribution in [0.2, 0.25) is 0 Å². The van der Waals surface area contributed by atoms with Crippen molar-refractivity contribution in [2.24, 2.45) is 0 Å². The summed E-state index contributed by atoms with van der Waals surface area (Å²) in [5.41, 5.74) is 0.663. The number of nitrogens with zero attached hydrogens (tertiary/aromatic N) is 1. The molecule has 0 aliphatic carbocycles.